The number of aliphatic hydroxyl groups is 2. The minimum Gasteiger partial charge on any atom is -0.394 e. The second kappa shape index (κ2) is 23.3. The molecule has 1 rings (SSSR count). The van der Waals surface area contributed by atoms with E-state index in [0.29, 0.717) is 0 Å². The average molecular weight is 793 g/mol. The van der Waals surface area contributed by atoms with E-state index in [4.69, 9.17) is 28.7 Å². The van der Waals surface area contributed by atoms with E-state index in [1.165, 1.54) is 0 Å². The molecule has 0 aromatic rings. The van der Waals surface area contributed by atoms with Crippen LogP contribution >= 0.6 is 21.6 Å². The van der Waals surface area contributed by atoms with E-state index in [1.807, 2.05) is 0 Å². The van der Waals surface area contributed by atoms with E-state index >= 15 is 0 Å². The number of carbonyl (C=O) groups is 8. The Kier molecular flexibility index (Phi) is 20.5. The lowest BCUT2D eigenvalue weighted by molar-refractivity contribution is -0.137. The molecule has 8 amide bonds. The molecular formula is C29H52N12O10S2. The van der Waals surface area contributed by atoms with Crippen molar-refractivity contribution in [3.63, 3.8) is 0 Å². The molecule has 8 atom stereocenters. The second-order valence-corrected chi connectivity index (χ2v) is 15.1. The van der Waals surface area contributed by atoms with Gasteiger partial charge in [0.05, 0.1) is 25.2 Å². The highest BCUT2D eigenvalue weighted by Gasteiger charge is 2.35. The molecule has 1 heterocycles. The molecule has 1 saturated heterocycles. The molecule has 0 aromatic heterocycles. The molecule has 24 heteroatoms. The monoisotopic (exact) mass is 792 g/mol. The lowest BCUT2D eigenvalue weighted by Gasteiger charge is -2.28. The van der Waals surface area contributed by atoms with Gasteiger partial charge in [-0.2, -0.15) is 0 Å². The fourth-order valence-corrected chi connectivity index (χ4v) is 6.90. The SMILES string of the molecule is CC(C)C[C@H]1NC(=O)[C@H]([C@@H](C)O)NC(=O)[C@@H](CC(N)=O)NC(=O)[C@H](CO)NC(=O)[C@@H](CCCN=C(N)N)NC(=O)[C@H](N)CSSC[C@H](C(N)=O)NC1=O. The van der Waals surface area contributed by atoms with Crippen molar-refractivity contribution >= 4 is 74.8 Å². The van der Waals surface area contributed by atoms with Gasteiger partial charge in [-0.1, -0.05) is 35.4 Å². The smallest absolute Gasteiger partial charge is 0.245 e. The number of hydrogen-bond acceptors (Lipinski definition) is 14. The van der Waals surface area contributed by atoms with Crippen LogP contribution in [-0.4, -0.2) is 136 Å². The average Bonchev–Trinajstić information content (AvgIpc) is 3.06. The predicted octanol–water partition coefficient (Wildman–Crippen LogP) is -6.55. The Morgan fingerprint density at radius 2 is 1.28 bits per heavy atom. The van der Waals surface area contributed by atoms with Gasteiger partial charge in [-0.05, 0) is 32.1 Å². The van der Waals surface area contributed by atoms with Gasteiger partial charge in [-0.15, -0.1) is 0 Å². The Balaban J connectivity index is 3.58. The van der Waals surface area contributed by atoms with E-state index in [-0.39, 0.29) is 49.2 Å². The van der Waals surface area contributed by atoms with Crippen molar-refractivity contribution in [2.24, 2.45) is 39.6 Å². The molecule has 18 N–H and O–H groups in total. The van der Waals surface area contributed by atoms with Gasteiger partial charge < -0.3 is 70.8 Å². The first-order valence-electron chi connectivity index (χ1n) is 16.5. The molecular weight excluding hydrogens is 741 g/mol. The van der Waals surface area contributed by atoms with Gasteiger partial charge in [-0.25, -0.2) is 0 Å². The summed E-state index contributed by atoms with van der Waals surface area (Å²) in [7, 11) is 2.12. The van der Waals surface area contributed by atoms with Gasteiger partial charge in [0.1, 0.15) is 36.3 Å². The topological polar surface area (TPSA) is 392 Å². The predicted molar refractivity (Wildman–Crippen MR) is 196 cm³/mol. The third-order valence-corrected chi connectivity index (χ3v) is 9.84. The molecule has 0 unspecified atom stereocenters. The number of guanidine groups is 1. The van der Waals surface area contributed by atoms with Crippen molar-refractivity contribution < 1.29 is 48.6 Å². The van der Waals surface area contributed by atoms with Crippen LogP contribution < -0.4 is 60.6 Å². The Hall–Kier alpha value is -4.39. The number of aliphatic hydroxyl groups excluding tert-OH is 2. The number of rotatable bonds is 11. The van der Waals surface area contributed by atoms with Crippen LogP contribution in [0, 0.1) is 5.92 Å². The van der Waals surface area contributed by atoms with Crippen molar-refractivity contribution in [2.45, 2.75) is 94.9 Å². The quantitative estimate of drug-likeness (QED) is 0.0400. The zero-order chi connectivity index (χ0) is 40.4. The van der Waals surface area contributed by atoms with Crippen LogP contribution in [0.15, 0.2) is 4.99 Å². The summed E-state index contributed by atoms with van der Waals surface area (Å²) in [5.41, 5.74) is 27.6. The highest BCUT2D eigenvalue weighted by atomic mass is 33.1. The largest absolute Gasteiger partial charge is 0.394 e. The molecule has 0 aromatic carbocycles. The number of primary amides is 2. The first-order chi connectivity index (χ1) is 24.8. The first-order valence-corrected chi connectivity index (χ1v) is 19.0. The van der Waals surface area contributed by atoms with Gasteiger partial charge in [0.25, 0.3) is 0 Å². The zero-order valence-corrected chi connectivity index (χ0v) is 31.3. The summed E-state index contributed by atoms with van der Waals surface area (Å²) >= 11 is 0. The van der Waals surface area contributed by atoms with Crippen LogP contribution in [0.1, 0.15) is 46.5 Å². The minimum atomic E-state index is -1.78. The lowest BCUT2D eigenvalue weighted by atomic mass is 10.0. The van der Waals surface area contributed by atoms with E-state index in [2.05, 4.69) is 36.9 Å². The van der Waals surface area contributed by atoms with Crippen molar-refractivity contribution in [1.29, 1.82) is 0 Å². The highest BCUT2D eigenvalue weighted by molar-refractivity contribution is 8.76. The summed E-state index contributed by atoms with van der Waals surface area (Å²) in [6.07, 6.45) is -2.23. The fourth-order valence-electron chi connectivity index (χ4n) is 4.60. The summed E-state index contributed by atoms with van der Waals surface area (Å²) in [5.74, 6) is -8.36. The number of hydrogen-bond donors (Lipinski definition) is 13. The van der Waals surface area contributed by atoms with Crippen molar-refractivity contribution in [3.8, 4) is 0 Å². The molecule has 0 saturated carbocycles. The first kappa shape index (κ1) is 46.6. The third-order valence-electron chi connectivity index (χ3n) is 7.40. The molecule has 1 aliphatic heterocycles. The molecule has 0 aliphatic carbocycles. The Morgan fingerprint density at radius 3 is 1.83 bits per heavy atom. The van der Waals surface area contributed by atoms with Gasteiger partial charge >= 0.3 is 0 Å². The van der Waals surface area contributed by atoms with Crippen molar-refractivity contribution in [2.75, 3.05) is 24.7 Å². The number of nitrogens with zero attached hydrogens (tertiary/aromatic N) is 1. The van der Waals surface area contributed by atoms with Gasteiger partial charge in [0, 0.05) is 18.1 Å². The molecule has 0 spiro atoms. The van der Waals surface area contributed by atoms with Gasteiger partial charge in [-0.3, -0.25) is 43.3 Å². The van der Waals surface area contributed by atoms with E-state index < -0.39 is 109 Å². The fraction of sp³-hybridized carbons (Fsp3) is 0.690. The van der Waals surface area contributed by atoms with Crippen LogP contribution in [0.3, 0.4) is 0 Å². The summed E-state index contributed by atoms with van der Waals surface area (Å²) in [5, 5.41) is 34.5. The normalized spacial score (nSPS) is 26.8. The number of aliphatic imine (C=N–C) groups is 1. The molecule has 1 fully saturated rings. The summed E-state index contributed by atoms with van der Waals surface area (Å²) in [4.78, 5) is 108. The van der Waals surface area contributed by atoms with E-state index in [1.54, 1.807) is 13.8 Å². The Labute approximate surface area is 313 Å². The molecule has 0 radical (unpaired) electrons. The molecule has 1 aliphatic rings. The summed E-state index contributed by atoms with van der Waals surface area (Å²) in [6, 6.07) is -10.3. The standard InChI is InChI=1S/C29H52N12O10S2/c1-12(2)7-16-25(48)40-19(22(32)45)11-53-52-10-14(30)23(46)36-15(5-4-6-35-29(33)34)24(47)39-18(9-42)27(50)37-17(8-20(31)44)26(49)41-21(13(3)43)28(51)38-16/h12-19,21,42-43H,4-11,30H2,1-3H3,(H2,31,44)(H2,32,45)(H,36,46)(H,37,50)(H,38,51)(H,39,47)(H,40,48)(H,41,49)(H4,33,34,35)/t13-,14-,15-,16-,17-,18+,19-,21+/m1/s1. The molecule has 300 valence electrons. The number of nitrogens with one attached hydrogen (secondary N) is 6. The van der Waals surface area contributed by atoms with Crippen molar-refractivity contribution in [1.82, 2.24) is 31.9 Å². The Bertz CT molecular complexity index is 1350. The molecule has 22 nitrogen and oxygen atoms in total. The van der Waals surface area contributed by atoms with Crippen LogP contribution in [0.5, 0.6) is 0 Å². The number of nitrogens with two attached hydrogens (primary N) is 5. The Morgan fingerprint density at radius 1 is 0.755 bits per heavy atom. The summed E-state index contributed by atoms with van der Waals surface area (Å²) in [6.45, 7) is 3.72. The van der Waals surface area contributed by atoms with Crippen LogP contribution in [0.4, 0.5) is 0 Å². The zero-order valence-electron chi connectivity index (χ0n) is 29.7. The lowest BCUT2D eigenvalue weighted by Crippen LogP contribution is -2.62. The van der Waals surface area contributed by atoms with E-state index in [9.17, 15) is 48.6 Å². The van der Waals surface area contributed by atoms with Crippen LogP contribution in [0.2, 0.25) is 0 Å². The van der Waals surface area contributed by atoms with E-state index in [0.717, 1.165) is 28.5 Å². The minimum absolute atomic E-state index is 0.0328. The van der Waals surface area contributed by atoms with Gasteiger partial charge in [0.15, 0.2) is 5.96 Å². The molecule has 53 heavy (non-hydrogen) atoms. The van der Waals surface area contributed by atoms with Crippen LogP contribution in [-0.2, 0) is 38.4 Å². The maximum Gasteiger partial charge on any atom is 0.245 e. The maximum absolute atomic E-state index is 13.4. The highest BCUT2D eigenvalue weighted by Crippen LogP contribution is 2.23. The third kappa shape index (κ3) is 17.3. The number of amides is 8. The maximum atomic E-state index is 13.4. The van der Waals surface area contributed by atoms with Crippen molar-refractivity contribution in [3.05, 3.63) is 0 Å². The van der Waals surface area contributed by atoms with Crippen LogP contribution in [0.25, 0.3) is 0 Å². The van der Waals surface area contributed by atoms with Gasteiger partial charge in [0.2, 0.25) is 47.3 Å². The second-order valence-electron chi connectivity index (χ2n) is 12.5. The summed E-state index contributed by atoms with van der Waals surface area (Å²) < 4.78 is 0. The molecule has 0 bridgehead atoms. The number of carbonyl (C=O) groups excluding carboxylic acids is 8.